The van der Waals surface area contributed by atoms with E-state index in [1.165, 1.54) is 11.9 Å². The number of hydrogen-bond donors (Lipinski definition) is 7. The zero-order valence-electron chi connectivity index (χ0n) is 31.1. The van der Waals surface area contributed by atoms with Gasteiger partial charge in [0.05, 0.1) is 36.9 Å². The molecule has 0 aromatic heterocycles. The van der Waals surface area contributed by atoms with E-state index in [2.05, 4.69) is 10.6 Å². The third kappa shape index (κ3) is 9.33. The Morgan fingerprint density at radius 3 is 2.09 bits per heavy atom. The van der Waals surface area contributed by atoms with Crippen LogP contribution in [0.4, 0.5) is 14.4 Å². The summed E-state index contributed by atoms with van der Waals surface area (Å²) in [6, 6.07) is 14.4. The summed E-state index contributed by atoms with van der Waals surface area (Å²) in [5.74, 6) is 0. The van der Waals surface area contributed by atoms with Gasteiger partial charge in [-0.2, -0.15) is 0 Å². The third-order valence-corrected chi connectivity index (χ3v) is 10.7. The number of nitrogens with two attached hydrogens (primary N) is 2. The monoisotopic (exact) mass is 799 g/mol. The molecule has 3 amide bonds. The molecule has 0 bridgehead atoms. The first-order valence-corrected chi connectivity index (χ1v) is 18.8. The molecule has 4 saturated heterocycles. The summed E-state index contributed by atoms with van der Waals surface area (Å²) in [7, 11) is 1.48. The van der Waals surface area contributed by atoms with Crippen LogP contribution in [-0.4, -0.2) is 144 Å². The fourth-order valence-electron chi connectivity index (χ4n) is 7.58. The van der Waals surface area contributed by atoms with Crippen LogP contribution in [0.3, 0.4) is 0 Å². The van der Waals surface area contributed by atoms with Gasteiger partial charge >= 0.3 is 18.3 Å². The Bertz CT molecular complexity index is 1710. The van der Waals surface area contributed by atoms with Crippen LogP contribution in [-0.2, 0) is 51.1 Å². The first kappa shape index (κ1) is 40.8. The van der Waals surface area contributed by atoms with E-state index in [9.17, 15) is 29.7 Å². The summed E-state index contributed by atoms with van der Waals surface area (Å²) in [6.45, 7) is -0.468. The van der Waals surface area contributed by atoms with Crippen molar-refractivity contribution in [3.05, 3.63) is 83.9 Å². The number of aliphatic hydroxyl groups is 3. The van der Waals surface area contributed by atoms with E-state index in [-0.39, 0.29) is 19.6 Å². The number of ether oxygens (including phenoxy) is 8. The van der Waals surface area contributed by atoms with Gasteiger partial charge in [-0.25, -0.2) is 14.4 Å². The van der Waals surface area contributed by atoms with Crippen LogP contribution < -0.4 is 22.1 Å². The predicted octanol–water partition coefficient (Wildman–Crippen LogP) is -0.309. The van der Waals surface area contributed by atoms with Gasteiger partial charge in [-0.05, 0) is 17.5 Å². The number of amides is 3. The number of nitrogens with zero attached hydrogens (tertiary/aromatic N) is 1. The molecule has 0 saturated carbocycles. The topological polar surface area (TPSA) is 265 Å². The van der Waals surface area contributed by atoms with E-state index in [0.29, 0.717) is 6.42 Å². The number of nitrogens with one attached hydrogen (secondary N) is 2. The van der Waals surface area contributed by atoms with Gasteiger partial charge in [0.1, 0.15) is 43.7 Å². The lowest BCUT2D eigenvalue weighted by molar-refractivity contribution is -0.370. The molecule has 1 aliphatic carbocycles. The fraction of sp³-hybridized carbons (Fsp3) is 0.553. The average molecular weight is 800 g/mol. The predicted molar refractivity (Wildman–Crippen MR) is 194 cm³/mol. The summed E-state index contributed by atoms with van der Waals surface area (Å²) in [6.07, 6.45) is -10.0. The van der Waals surface area contributed by atoms with Gasteiger partial charge in [-0.3, -0.25) is 4.90 Å². The molecule has 2 aromatic rings. The van der Waals surface area contributed by atoms with E-state index in [0.717, 1.165) is 11.1 Å². The summed E-state index contributed by atoms with van der Waals surface area (Å²) in [4.78, 5) is 40.0. The van der Waals surface area contributed by atoms with Crippen LogP contribution in [0.25, 0.3) is 0 Å². The smallest absolute Gasteiger partial charge is 0.410 e. The lowest BCUT2D eigenvalue weighted by Crippen LogP contribution is -2.68. The van der Waals surface area contributed by atoms with Crippen molar-refractivity contribution in [2.75, 3.05) is 13.7 Å². The van der Waals surface area contributed by atoms with Gasteiger partial charge in [0.2, 0.25) is 0 Å². The molecule has 4 fully saturated rings. The molecule has 5 aliphatic rings. The van der Waals surface area contributed by atoms with E-state index < -0.39 is 117 Å². The number of aliphatic hydroxyl groups excluding tert-OH is 3. The van der Waals surface area contributed by atoms with Crippen molar-refractivity contribution in [3.63, 3.8) is 0 Å². The first-order valence-electron chi connectivity index (χ1n) is 18.8. The molecule has 8 unspecified atom stereocenters. The number of carbonyl (C=O) groups excluding carboxylic acids is 3. The number of benzene rings is 2. The number of carbonyl (C=O) groups is 3. The summed E-state index contributed by atoms with van der Waals surface area (Å²) in [5, 5.41) is 36.7. The zero-order chi connectivity index (χ0) is 40.2. The Labute approximate surface area is 328 Å². The van der Waals surface area contributed by atoms with Crippen molar-refractivity contribution in [1.29, 1.82) is 0 Å². The number of fused-ring (bicyclic) bond motifs is 3. The van der Waals surface area contributed by atoms with Gasteiger partial charge in [-0.1, -0.05) is 72.8 Å². The molecule has 9 N–H and O–H groups in total. The molecule has 19 heteroatoms. The van der Waals surface area contributed by atoms with Gasteiger partial charge < -0.3 is 75.3 Å². The van der Waals surface area contributed by atoms with E-state index >= 15 is 0 Å². The van der Waals surface area contributed by atoms with Gasteiger partial charge in [-0.15, -0.1) is 0 Å². The molecule has 310 valence electrons. The van der Waals surface area contributed by atoms with Crippen molar-refractivity contribution in [1.82, 2.24) is 15.5 Å². The molecular weight excluding hydrogens is 750 g/mol. The Hall–Kier alpha value is -4.41. The van der Waals surface area contributed by atoms with Gasteiger partial charge in [0.15, 0.2) is 25.0 Å². The highest BCUT2D eigenvalue weighted by Gasteiger charge is 2.60. The molecule has 7 rings (SSSR count). The largest absolute Gasteiger partial charge is 0.445 e. The molecule has 4 heterocycles. The Balaban J connectivity index is 1.06. The number of alkyl carbamates (subject to hydrolysis) is 2. The highest BCUT2D eigenvalue weighted by atomic mass is 16.8. The number of hydrogen-bond acceptors (Lipinski definition) is 16. The zero-order valence-corrected chi connectivity index (χ0v) is 31.1. The maximum Gasteiger partial charge on any atom is 0.410 e. The van der Waals surface area contributed by atoms with Crippen molar-refractivity contribution in [2.45, 2.75) is 118 Å². The Kier molecular flexibility index (Phi) is 12.9. The van der Waals surface area contributed by atoms with Crippen LogP contribution in [0.5, 0.6) is 0 Å². The molecule has 2 aromatic carbocycles. The number of likely N-dealkylation sites (N-methyl/N-ethyl adjacent to an activating group) is 1. The Morgan fingerprint density at radius 2 is 1.46 bits per heavy atom. The fourth-order valence-corrected chi connectivity index (χ4v) is 7.58. The standard InChI is InChI=1S/C38H49N5O14/c1-43-28-32(56-38(43)49)31-25(53-34(28)57-35-30(46)29(45)27(40)26(16-44)54-35)15-23(42-37(48)51-18-20-10-6-3-7-11-20)33(55-31)52-24-13-12-21(14-22(24)39)41-36(47)50-17-19-8-4-2-5-9-19/h2-13,21-35,44-46H,14-18,39-40H2,1H3,(H,41,47)(H,42,48)/t21-,22?,23-,24-,25-,26?,27+,28?,29?,30?,31?,32?,33-,34?,35+/m0/s1. The highest BCUT2D eigenvalue weighted by Crippen LogP contribution is 2.40. The SMILES string of the molecule is CN1C(=O)OC2C3O[C@H](O[C@H]4C=C[C@H](NC(=O)OCc5ccccc5)CC4N)[C@@H](NC(=O)OCc4ccccc4)C[C@@H]3OC(O[C@H]3OC(CO)[C@@H](N)C(O)C3O)C21. The summed E-state index contributed by atoms with van der Waals surface area (Å²) < 4.78 is 47.7. The molecule has 57 heavy (non-hydrogen) atoms. The van der Waals surface area contributed by atoms with Gasteiger partial charge in [0.25, 0.3) is 0 Å². The highest BCUT2D eigenvalue weighted by molar-refractivity contribution is 5.71. The maximum absolute atomic E-state index is 13.2. The lowest BCUT2D eigenvalue weighted by Gasteiger charge is -2.50. The van der Waals surface area contributed by atoms with Crippen molar-refractivity contribution < 1.29 is 67.6 Å². The molecule has 0 radical (unpaired) electrons. The minimum absolute atomic E-state index is 0.0112. The molecule has 19 nitrogen and oxygen atoms in total. The minimum Gasteiger partial charge on any atom is -0.445 e. The van der Waals surface area contributed by atoms with E-state index in [4.69, 9.17) is 49.4 Å². The lowest BCUT2D eigenvalue weighted by atomic mass is 9.89. The second kappa shape index (κ2) is 18.0. The summed E-state index contributed by atoms with van der Waals surface area (Å²) in [5.41, 5.74) is 14.1. The van der Waals surface area contributed by atoms with Crippen LogP contribution in [0.2, 0.25) is 0 Å². The van der Waals surface area contributed by atoms with Crippen LogP contribution in [0.1, 0.15) is 24.0 Å². The number of rotatable bonds is 11. The Morgan fingerprint density at radius 1 is 0.807 bits per heavy atom. The molecular formula is C38H49N5O14. The first-order chi connectivity index (χ1) is 27.5. The van der Waals surface area contributed by atoms with Crippen molar-refractivity contribution in [3.8, 4) is 0 Å². The third-order valence-electron chi connectivity index (χ3n) is 10.7. The maximum atomic E-state index is 13.2. The quantitative estimate of drug-likeness (QED) is 0.114. The average Bonchev–Trinajstić information content (AvgIpc) is 3.52. The van der Waals surface area contributed by atoms with Crippen molar-refractivity contribution >= 4 is 18.3 Å². The van der Waals surface area contributed by atoms with Gasteiger partial charge in [0, 0.05) is 19.5 Å². The molecule has 0 spiro atoms. The van der Waals surface area contributed by atoms with E-state index in [1.807, 2.05) is 60.7 Å². The van der Waals surface area contributed by atoms with E-state index in [1.54, 1.807) is 12.2 Å². The molecule has 15 atom stereocenters. The minimum atomic E-state index is -1.62. The molecule has 4 aliphatic heterocycles. The van der Waals surface area contributed by atoms with Crippen LogP contribution >= 0.6 is 0 Å². The second-order valence-electron chi connectivity index (χ2n) is 14.6. The van der Waals surface area contributed by atoms with Crippen LogP contribution in [0, 0.1) is 0 Å². The normalized spacial score (nSPS) is 37.3. The second-order valence-corrected chi connectivity index (χ2v) is 14.6. The van der Waals surface area contributed by atoms with Crippen molar-refractivity contribution in [2.24, 2.45) is 11.5 Å². The van der Waals surface area contributed by atoms with Crippen LogP contribution in [0.15, 0.2) is 72.8 Å². The summed E-state index contributed by atoms with van der Waals surface area (Å²) >= 11 is 0.